The molecule has 0 aromatic rings. The Morgan fingerprint density at radius 3 is 2.75 bits per heavy atom. The summed E-state index contributed by atoms with van der Waals surface area (Å²) >= 11 is 0. The largest absolute Gasteiger partial charge is 0.455 e. The van der Waals surface area contributed by atoms with Crippen LogP contribution >= 0.6 is 0 Å². The predicted molar refractivity (Wildman–Crippen MR) is 71.3 cm³/mol. The number of β-lactam (4-membered cyclic amide) rings is 1. The monoisotopic (exact) mass is 278 g/mol. The minimum atomic E-state index is -0.700. The van der Waals surface area contributed by atoms with Crippen LogP contribution in [0, 0.1) is 5.92 Å². The van der Waals surface area contributed by atoms with Crippen LogP contribution in [-0.2, 0) is 14.3 Å². The van der Waals surface area contributed by atoms with Crippen LogP contribution in [0.1, 0.15) is 34.1 Å². The van der Waals surface area contributed by atoms with Crippen LogP contribution in [0.3, 0.4) is 0 Å². The molecule has 0 aromatic carbocycles. The van der Waals surface area contributed by atoms with Crippen LogP contribution < -0.4 is 0 Å². The van der Waals surface area contributed by atoms with Gasteiger partial charge in [0.05, 0.1) is 6.04 Å². The first-order valence-corrected chi connectivity index (χ1v) is 6.57. The minimum absolute atomic E-state index is 0.128. The van der Waals surface area contributed by atoms with Gasteiger partial charge in [0.25, 0.3) is 0 Å². The number of carbonyl (C=O) groups excluding carboxylic acids is 2. The van der Waals surface area contributed by atoms with Gasteiger partial charge in [-0.15, -0.1) is 0 Å². The molecule has 0 radical (unpaired) electrons. The van der Waals surface area contributed by atoms with Crippen LogP contribution in [0.5, 0.6) is 0 Å². The third-order valence-electron chi connectivity index (χ3n) is 3.29. The molecule has 20 heavy (non-hydrogen) atoms. The number of rotatable bonds is 2. The van der Waals surface area contributed by atoms with Gasteiger partial charge in [-0.1, -0.05) is 18.1 Å². The van der Waals surface area contributed by atoms with E-state index >= 15 is 0 Å². The molecule has 0 saturated carbocycles. The van der Waals surface area contributed by atoms with Gasteiger partial charge in [0.15, 0.2) is 0 Å². The number of azide groups is 1. The molecule has 1 amide bonds. The second-order valence-electron chi connectivity index (χ2n) is 6.19. The highest BCUT2D eigenvalue weighted by atomic mass is 16.6. The van der Waals surface area contributed by atoms with Crippen molar-refractivity contribution in [1.29, 1.82) is 0 Å². The third kappa shape index (κ3) is 2.49. The van der Waals surface area contributed by atoms with Gasteiger partial charge in [0, 0.05) is 4.91 Å². The molecule has 3 unspecified atom stereocenters. The Morgan fingerprint density at radius 1 is 1.55 bits per heavy atom. The summed E-state index contributed by atoms with van der Waals surface area (Å²) in [5.74, 6) is -0.721. The van der Waals surface area contributed by atoms with E-state index in [1.807, 2.05) is 6.92 Å². The van der Waals surface area contributed by atoms with E-state index in [0.717, 1.165) is 0 Å². The summed E-state index contributed by atoms with van der Waals surface area (Å²) < 4.78 is 5.32. The van der Waals surface area contributed by atoms with Gasteiger partial charge in [0.2, 0.25) is 5.91 Å². The number of nitrogens with zero attached hydrogens (tertiary/aromatic N) is 4. The Labute approximate surface area is 117 Å². The first-order valence-electron chi connectivity index (χ1n) is 6.57. The molecule has 7 nitrogen and oxygen atoms in total. The topological polar surface area (TPSA) is 95.4 Å². The minimum Gasteiger partial charge on any atom is -0.455 e. The quantitative estimate of drug-likeness (QED) is 0.254. The lowest BCUT2D eigenvalue weighted by atomic mass is 9.83. The third-order valence-corrected chi connectivity index (χ3v) is 3.29. The zero-order valence-corrected chi connectivity index (χ0v) is 12.0. The Balaban J connectivity index is 2.24. The molecule has 0 spiro atoms. The van der Waals surface area contributed by atoms with Crippen molar-refractivity contribution in [3.05, 3.63) is 22.2 Å². The van der Waals surface area contributed by atoms with Gasteiger partial charge in [-0.25, -0.2) is 4.79 Å². The number of fused-ring (bicyclic) bond motifs is 1. The Kier molecular flexibility index (Phi) is 3.48. The van der Waals surface area contributed by atoms with Crippen LogP contribution in [0.2, 0.25) is 0 Å². The maximum Gasteiger partial charge on any atom is 0.355 e. The number of amides is 1. The first kappa shape index (κ1) is 14.4. The molecule has 3 atom stereocenters. The lowest BCUT2D eigenvalue weighted by Crippen LogP contribution is -2.65. The summed E-state index contributed by atoms with van der Waals surface area (Å²) in [7, 11) is 0. The van der Waals surface area contributed by atoms with Gasteiger partial charge in [0.1, 0.15) is 17.3 Å². The molecule has 0 bridgehead atoms. The molecule has 108 valence electrons. The van der Waals surface area contributed by atoms with Crippen LogP contribution in [0.25, 0.3) is 10.4 Å². The van der Waals surface area contributed by atoms with Gasteiger partial charge >= 0.3 is 5.97 Å². The molecule has 2 heterocycles. The summed E-state index contributed by atoms with van der Waals surface area (Å²) in [5.41, 5.74) is 8.13. The highest BCUT2D eigenvalue weighted by Crippen LogP contribution is 2.37. The summed E-state index contributed by atoms with van der Waals surface area (Å²) in [5, 5.41) is 3.51. The highest BCUT2D eigenvalue weighted by molar-refractivity contribution is 6.00. The maximum absolute atomic E-state index is 12.2. The van der Waals surface area contributed by atoms with E-state index in [9.17, 15) is 9.59 Å². The fourth-order valence-corrected chi connectivity index (χ4v) is 2.54. The number of hydrogen-bond acceptors (Lipinski definition) is 4. The van der Waals surface area contributed by atoms with Gasteiger partial charge in [-0.2, -0.15) is 0 Å². The number of allylic oxidation sites excluding steroid dienone is 1. The van der Waals surface area contributed by atoms with Crippen molar-refractivity contribution in [2.75, 3.05) is 0 Å². The van der Waals surface area contributed by atoms with E-state index in [1.54, 1.807) is 26.8 Å². The molecular weight excluding hydrogens is 260 g/mol. The van der Waals surface area contributed by atoms with E-state index in [0.29, 0.717) is 6.42 Å². The number of carbonyl (C=O) groups is 2. The molecule has 0 N–H and O–H groups in total. The second-order valence-corrected chi connectivity index (χ2v) is 6.19. The van der Waals surface area contributed by atoms with Crippen molar-refractivity contribution < 1.29 is 14.3 Å². The second kappa shape index (κ2) is 4.83. The lowest BCUT2D eigenvalue weighted by Gasteiger charge is -2.49. The van der Waals surface area contributed by atoms with E-state index < -0.39 is 17.6 Å². The van der Waals surface area contributed by atoms with Crippen molar-refractivity contribution in [2.24, 2.45) is 11.0 Å². The zero-order chi connectivity index (χ0) is 15.1. The van der Waals surface area contributed by atoms with Gasteiger partial charge in [-0.3, -0.25) is 4.79 Å². The fourth-order valence-electron chi connectivity index (χ4n) is 2.54. The van der Waals surface area contributed by atoms with Crippen LogP contribution in [0.15, 0.2) is 16.9 Å². The number of esters is 1. The zero-order valence-electron chi connectivity index (χ0n) is 12.0. The van der Waals surface area contributed by atoms with Crippen molar-refractivity contribution >= 4 is 11.9 Å². The first-order chi connectivity index (χ1) is 9.24. The average Bonchev–Trinajstić information content (AvgIpc) is 2.32. The smallest absolute Gasteiger partial charge is 0.355 e. The lowest BCUT2D eigenvalue weighted by molar-refractivity contribution is -0.161. The highest BCUT2D eigenvalue weighted by Gasteiger charge is 2.52. The number of hydrogen-bond donors (Lipinski definition) is 0. The molecule has 2 rings (SSSR count). The van der Waals surface area contributed by atoms with Crippen molar-refractivity contribution in [3.63, 3.8) is 0 Å². The average molecular weight is 278 g/mol. The molecule has 2 aliphatic heterocycles. The standard InChI is InChI=1S/C13H18N4O3/c1-7-5-8-10(15-16-14)11(18)17(8)9(6-7)12(19)20-13(2,3)4/h6-8,10H,5H2,1-4H3. The summed E-state index contributed by atoms with van der Waals surface area (Å²) in [4.78, 5) is 28.2. The molecule has 7 heteroatoms. The van der Waals surface area contributed by atoms with Crippen molar-refractivity contribution in [1.82, 2.24) is 4.90 Å². The summed E-state index contributed by atoms with van der Waals surface area (Å²) in [6.07, 6.45) is 2.43. The molecule has 0 aliphatic carbocycles. The molecule has 2 aliphatic rings. The van der Waals surface area contributed by atoms with Crippen LogP contribution in [0.4, 0.5) is 0 Å². The van der Waals surface area contributed by atoms with E-state index in [4.69, 9.17) is 10.3 Å². The maximum atomic E-state index is 12.2. The molecule has 0 aromatic heterocycles. The van der Waals surface area contributed by atoms with Gasteiger partial charge < -0.3 is 9.64 Å². The van der Waals surface area contributed by atoms with Crippen LogP contribution in [-0.4, -0.2) is 34.5 Å². The Hall–Kier alpha value is -2.01. The van der Waals surface area contributed by atoms with E-state index in [-0.39, 0.29) is 23.6 Å². The van der Waals surface area contributed by atoms with Crippen molar-refractivity contribution in [3.8, 4) is 0 Å². The molecular formula is C13H18N4O3. The predicted octanol–water partition coefficient (Wildman–Crippen LogP) is 2.14. The number of ether oxygens (including phenoxy) is 1. The SMILES string of the molecule is CC1C=C(C(=O)OC(C)(C)C)N2C(=O)C(N=[N+]=[N-])C2C1. The molecule has 1 fully saturated rings. The summed E-state index contributed by atoms with van der Waals surface area (Å²) in [6.45, 7) is 7.28. The van der Waals surface area contributed by atoms with Crippen molar-refractivity contribution in [2.45, 2.75) is 51.8 Å². The fraction of sp³-hybridized carbons (Fsp3) is 0.692. The molecule has 1 saturated heterocycles. The Morgan fingerprint density at radius 2 is 2.20 bits per heavy atom. The van der Waals surface area contributed by atoms with Gasteiger partial charge in [-0.05, 0) is 38.6 Å². The normalized spacial score (nSPS) is 28.8. The Bertz CT molecular complexity index is 528. The van der Waals surface area contributed by atoms with E-state index in [2.05, 4.69) is 10.0 Å². The van der Waals surface area contributed by atoms with E-state index in [1.165, 1.54) is 4.90 Å². The summed E-state index contributed by atoms with van der Waals surface area (Å²) in [6, 6.07) is -0.936.